The van der Waals surface area contributed by atoms with E-state index < -0.39 is 0 Å². The molecular weight excluding hydrogens is 306 g/mol. The Kier molecular flexibility index (Phi) is 3.85. The van der Waals surface area contributed by atoms with Crippen LogP contribution in [-0.2, 0) is 6.54 Å². The van der Waals surface area contributed by atoms with Crippen molar-refractivity contribution in [2.75, 3.05) is 5.73 Å². The molecule has 1 aromatic carbocycles. The van der Waals surface area contributed by atoms with Gasteiger partial charge >= 0.3 is 0 Å². The summed E-state index contributed by atoms with van der Waals surface area (Å²) in [5.74, 6) is 0.212. The Morgan fingerprint density at radius 2 is 1.84 bits per heavy atom. The molecule has 2 rings (SSSR count). The number of hydrogen-bond acceptors (Lipinski definition) is 2. The highest BCUT2D eigenvalue weighted by Gasteiger charge is 2.19. The van der Waals surface area contributed by atoms with Gasteiger partial charge in [-0.3, -0.25) is 9.48 Å². The van der Waals surface area contributed by atoms with Crippen LogP contribution in [0.4, 0.5) is 5.69 Å². The van der Waals surface area contributed by atoms with Crippen LogP contribution in [0.25, 0.3) is 5.69 Å². The zero-order valence-electron chi connectivity index (χ0n) is 11.4. The molecule has 0 radical (unpaired) electrons. The third-order valence-corrected chi connectivity index (χ3v) is 3.66. The Bertz CT molecular complexity index is 638. The minimum absolute atomic E-state index is 0.145. The number of rotatable bonds is 3. The van der Waals surface area contributed by atoms with E-state index in [1.165, 1.54) is 0 Å². The van der Waals surface area contributed by atoms with Crippen molar-refractivity contribution in [1.29, 1.82) is 0 Å². The van der Waals surface area contributed by atoms with Crippen LogP contribution in [0.15, 0.2) is 33.5 Å². The number of benzene rings is 1. The fraction of sp³-hybridized carbons (Fsp3) is 0.357. The van der Waals surface area contributed by atoms with Gasteiger partial charge in [-0.05, 0) is 37.1 Å². The fourth-order valence-electron chi connectivity index (χ4n) is 2.34. The number of aromatic nitrogens is 2. The van der Waals surface area contributed by atoms with Gasteiger partial charge in [0.2, 0.25) is 0 Å². The molecule has 102 valence electrons. The van der Waals surface area contributed by atoms with Gasteiger partial charge in [0, 0.05) is 11.0 Å². The maximum Gasteiger partial charge on any atom is 0.294 e. The SMILES string of the molecule is CCn1c(C(C)C)c(N)c(=O)n1-c1ccc(Br)cc1. The molecule has 19 heavy (non-hydrogen) atoms. The number of nitrogen functional groups attached to an aromatic ring is 1. The molecule has 0 saturated heterocycles. The Balaban J connectivity index is 2.73. The lowest BCUT2D eigenvalue weighted by Crippen LogP contribution is -2.22. The molecule has 0 saturated carbocycles. The van der Waals surface area contributed by atoms with Crippen LogP contribution in [0.5, 0.6) is 0 Å². The van der Waals surface area contributed by atoms with E-state index in [1.54, 1.807) is 4.68 Å². The van der Waals surface area contributed by atoms with Gasteiger partial charge in [0.15, 0.2) is 0 Å². The van der Waals surface area contributed by atoms with Gasteiger partial charge in [-0.25, -0.2) is 4.68 Å². The Hall–Kier alpha value is -1.49. The molecule has 0 spiro atoms. The molecule has 0 aliphatic rings. The Morgan fingerprint density at radius 3 is 2.32 bits per heavy atom. The molecule has 0 bridgehead atoms. The van der Waals surface area contributed by atoms with Gasteiger partial charge in [-0.15, -0.1) is 0 Å². The monoisotopic (exact) mass is 323 g/mol. The van der Waals surface area contributed by atoms with Gasteiger partial charge in [0.05, 0.1) is 11.4 Å². The number of nitrogens with two attached hydrogens (primary N) is 1. The molecule has 4 nitrogen and oxygen atoms in total. The number of hydrogen-bond donors (Lipinski definition) is 1. The maximum atomic E-state index is 12.4. The summed E-state index contributed by atoms with van der Waals surface area (Å²) in [6.45, 7) is 6.81. The van der Waals surface area contributed by atoms with E-state index in [2.05, 4.69) is 15.9 Å². The molecule has 2 N–H and O–H groups in total. The van der Waals surface area contributed by atoms with E-state index in [9.17, 15) is 4.79 Å². The predicted octanol–water partition coefficient (Wildman–Crippen LogP) is 3.13. The fourth-order valence-corrected chi connectivity index (χ4v) is 2.60. The minimum Gasteiger partial charge on any atom is -0.393 e. The molecule has 1 aromatic heterocycles. The topological polar surface area (TPSA) is 52.9 Å². The van der Waals surface area contributed by atoms with Crippen molar-refractivity contribution in [3.8, 4) is 5.69 Å². The van der Waals surface area contributed by atoms with Crippen molar-refractivity contribution < 1.29 is 0 Å². The Morgan fingerprint density at radius 1 is 1.26 bits per heavy atom. The summed E-state index contributed by atoms with van der Waals surface area (Å²) in [6, 6.07) is 7.64. The van der Waals surface area contributed by atoms with Crippen LogP contribution < -0.4 is 11.3 Å². The van der Waals surface area contributed by atoms with Gasteiger partial charge in [0.25, 0.3) is 5.56 Å². The van der Waals surface area contributed by atoms with Crippen molar-refractivity contribution in [2.24, 2.45) is 0 Å². The van der Waals surface area contributed by atoms with Crippen molar-refractivity contribution in [3.63, 3.8) is 0 Å². The molecule has 0 aliphatic heterocycles. The highest BCUT2D eigenvalue weighted by Crippen LogP contribution is 2.22. The Labute approximate surface area is 120 Å². The van der Waals surface area contributed by atoms with E-state index in [0.29, 0.717) is 12.2 Å². The van der Waals surface area contributed by atoms with Gasteiger partial charge < -0.3 is 5.73 Å². The summed E-state index contributed by atoms with van der Waals surface area (Å²) >= 11 is 3.40. The summed E-state index contributed by atoms with van der Waals surface area (Å²) < 4.78 is 4.58. The average Bonchev–Trinajstić information content (AvgIpc) is 2.63. The summed E-state index contributed by atoms with van der Waals surface area (Å²) in [6.07, 6.45) is 0. The molecule has 0 atom stereocenters. The normalized spacial score (nSPS) is 11.2. The lowest BCUT2D eigenvalue weighted by molar-refractivity contribution is 0.534. The van der Waals surface area contributed by atoms with Crippen LogP contribution in [0, 0.1) is 0 Å². The van der Waals surface area contributed by atoms with Gasteiger partial charge in [-0.1, -0.05) is 29.8 Å². The minimum atomic E-state index is -0.145. The van der Waals surface area contributed by atoms with Crippen LogP contribution in [0.2, 0.25) is 0 Å². The van der Waals surface area contributed by atoms with E-state index in [0.717, 1.165) is 15.9 Å². The van der Waals surface area contributed by atoms with Gasteiger partial charge in [-0.2, -0.15) is 0 Å². The first-order valence-corrected chi connectivity index (χ1v) is 7.13. The van der Waals surface area contributed by atoms with Crippen molar-refractivity contribution in [3.05, 3.63) is 44.8 Å². The quantitative estimate of drug-likeness (QED) is 0.943. The van der Waals surface area contributed by atoms with Crippen LogP contribution in [0.1, 0.15) is 32.4 Å². The standard InChI is InChI=1S/C14H18BrN3O/c1-4-17-13(9(2)3)12(16)14(19)18(17)11-7-5-10(15)6-8-11/h5-9H,4,16H2,1-3H3. The van der Waals surface area contributed by atoms with Crippen LogP contribution in [0.3, 0.4) is 0 Å². The third kappa shape index (κ3) is 2.34. The van der Waals surface area contributed by atoms with E-state index in [-0.39, 0.29) is 11.5 Å². The lowest BCUT2D eigenvalue weighted by atomic mass is 10.1. The van der Waals surface area contributed by atoms with Gasteiger partial charge in [0.1, 0.15) is 5.69 Å². The zero-order valence-corrected chi connectivity index (χ0v) is 12.9. The second kappa shape index (κ2) is 5.25. The van der Waals surface area contributed by atoms with Crippen molar-refractivity contribution in [1.82, 2.24) is 9.36 Å². The second-order valence-corrected chi connectivity index (χ2v) is 5.68. The van der Waals surface area contributed by atoms with Crippen LogP contribution in [-0.4, -0.2) is 9.36 Å². The average molecular weight is 324 g/mol. The molecule has 0 aliphatic carbocycles. The molecule has 2 aromatic rings. The number of anilines is 1. The summed E-state index contributed by atoms with van der Waals surface area (Å²) in [4.78, 5) is 12.4. The smallest absolute Gasteiger partial charge is 0.294 e. The van der Waals surface area contributed by atoms with E-state index >= 15 is 0 Å². The van der Waals surface area contributed by atoms with Crippen molar-refractivity contribution in [2.45, 2.75) is 33.2 Å². The maximum absolute atomic E-state index is 12.4. The predicted molar refractivity (Wildman–Crippen MR) is 81.9 cm³/mol. The third-order valence-electron chi connectivity index (χ3n) is 3.14. The highest BCUT2D eigenvalue weighted by atomic mass is 79.9. The molecule has 5 heteroatoms. The molecular formula is C14H18BrN3O. The number of nitrogens with zero attached hydrogens (tertiary/aromatic N) is 2. The summed E-state index contributed by atoms with van der Waals surface area (Å²) in [7, 11) is 0. The van der Waals surface area contributed by atoms with E-state index in [1.807, 2.05) is 49.7 Å². The van der Waals surface area contributed by atoms with Crippen LogP contribution >= 0.6 is 15.9 Å². The second-order valence-electron chi connectivity index (χ2n) is 4.76. The molecule has 0 amide bonds. The molecule has 0 unspecified atom stereocenters. The zero-order chi connectivity index (χ0) is 14.2. The molecule has 1 heterocycles. The first-order chi connectivity index (χ1) is 8.97. The summed E-state index contributed by atoms with van der Waals surface area (Å²) in [5, 5.41) is 0. The summed E-state index contributed by atoms with van der Waals surface area (Å²) in [5.41, 5.74) is 7.91. The van der Waals surface area contributed by atoms with Crippen molar-refractivity contribution >= 4 is 21.6 Å². The van der Waals surface area contributed by atoms with E-state index in [4.69, 9.17) is 5.73 Å². The number of halogens is 1. The first kappa shape index (κ1) is 13.9. The largest absolute Gasteiger partial charge is 0.393 e. The highest BCUT2D eigenvalue weighted by molar-refractivity contribution is 9.10. The molecule has 0 fully saturated rings. The first-order valence-electron chi connectivity index (χ1n) is 6.34. The lowest BCUT2D eigenvalue weighted by Gasteiger charge is -2.15.